The number of rotatable bonds is 5. The molecule has 4 aromatic rings. The summed E-state index contributed by atoms with van der Waals surface area (Å²) in [6.45, 7) is 5.36. The number of fused-ring (bicyclic) bond motifs is 1. The molecule has 1 N–H and O–H groups in total. The molecule has 1 fully saturated rings. The minimum atomic E-state index is -0.279. The zero-order valence-electron chi connectivity index (χ0n) is 21.1. The van der Waals surface area contributed by atoms with Crippen molar-refractivity contribution in [2.45, 2.75) is 38.6 Å². The van der Waals surface area contributed by atoms with Crippen LogP contribution in [0.15, 0.2) is 71.5 Å². The van der Waals surface area contributed by atoms with E-state index in [-0.39, 0.29) is 41.1 Å². The third kappa shape index (κ3) is 4.63. The van der Waals surface area contributed by atoms with Gasteiger partial charge < -0.3 is 14.6 Å². The van der Waals surface area contributed by atoms with E-state index in [4.69, 9.17) is 11.6 Å². The van der Waals surface area contributed by atoms with Gasteiger partial charge >= 0.3 is 0 Å². The van der Waals surface area contributed by atoms with Crippen LogP contribution < -0.4 is 10.5 Å². The third-order valence-electron chi connectivity index (χ3n) is 7.33. The number of piperazine rings is 1. The second kappa shape index (κ2) is 10.2. The van der Waals surface area contributed by atoms with Crippen LogP contribution in [0.5, 0.6) is 0 Å². The summed E-state index contributed by atoms with van der Waals surface area (Å²) in [7, 11) is 1.68. The van der Waals surface area contributed by atoms with Gasteiger partial charge in [0, 0.05) is 32.2 Å². The summed E-state index contributed by atoms with van der Waals surface area (Å²) in [6, 6.07) is 20.5. The van der Waals surface area contributed by atoms with Crippen molar-refractivity contribution < 1.29 is 9.50 Å². The van der Waals surface area contributed by atoms with Crippen molar-refractivity contribution in [3.05, 3.63) is 105 Å². The van der Waals surface area contributed by atoms with E-state index in [1.165, 1.54) is 16.7 Å². The molecule has 3 atom stereocenters. The zero-order chi connectivity index (χ0) is 26.3. The topological polar surface area (TPSA) is 61.6 Å². The Labute approximate surface area is 220 Å². The molecule has 5 rings (SSSR count). The van der Waals surface area contributed by atoms with Crippen LogP contribution in [0.1, 0.15) is 36.7 Å². The average Bonchev–Trinajstić information content (AvgIpc) is 2.91. The van der Waals surface area contributed by atoms with E-state index < -0.39 is 0 Å². The smallest absolute Gasteiger partial charge is 0.271 e. The van der Waals surface area contributed by atoms with Gasteiger partial charge in [-0.1, -0.05) is 54.1 Å². The fourth-order valence-electron chi connectivity index (χ4n) is 5.43. The van der Waals surface area contributed by atoms with Gasteiger partial charge in [-0.05, 0) is 49.2 Å². The molecule has 0 aliphatic carbocycles. The van der Waals surface area contributed by atoms with Gasteiger partial charge in [-0.3, -0.25) is 9.69 Å². The lowest BCUT2D eigenvalue weighted by Crippen LogP contribution is -2.57. The Morgan fingerprint density at radius 1 is 1.00 bits per heavy atom. The summed E-state index contributed by atoms with van der Waals surface area (Å²) in [4.78, 5) is 22.3. The van der Waals surface area contributed by atoms with Crippen LogP contribution in [0.3, 0.4) is 0 Å². The Morgan fingerprint density at radius 2 is 1.68 bits per heavy atom. The Hall–Kier alpha value is -3.26. The number of nitrogens with zero attached hydrogens (tertiary/aromatic N) is 4. The highest BCUT2D eigenvalue weighted by Gasteiger charge is 2.37. The summed E-state index contributed by atoms with van der Waals surface area (Å²) in [5, 5.41) is 9.84. The quantitative estimate of drug-likeness (QED) is 0.405. The highest BCUT2D eigenvalue weighted by molar-refractivity contribution is 6.34. The summed E-state index contributed by atoms with van der Waals surface area (Å²) in [5.74, 6) is -0.260. The Bertz CT molecular complexity index is 1480. The number of anilines is 1. The van der Waals surface area contributed by atoms with Crippen LogP contribution in [0.25, 0.3) is 11.0 Å². The van der Waals surface area contributed by atoms with Crippen LogP contribution >= 0.6 is 11.6 Å². The van der Waals surface area contributed by atoms with Crippen molar-refractivity contribution in [2.75, 3.05) is 18.0 Å². The molecule has 2 aromatic heterocycles. The standard InChI is InChI=1S/C29H30ClFN4O2/c1-18-16-35(28-25(30)29(37)33(3)24-14-13-23(17-36)32-26(24)28)19(2)15-34(18)27(20-7-5-4-6-8-20)21-9-11-22(31)12-10-21/h4-14,18-19,27,36H,15-17H2,1-3H3/t18-,19+,27?/m1/s1. The van der Waals surface area contributed by atoms with E-state index in [0.29, 0.717) is 35.5 Å². The fraction of sp³-hybridized carbons (Fsp3) is 0.310. The number of aliphatic hydroxyl groups is 1. The monoisotopic (exact) mass is 520 g/mol. The van der Waals surface area contributed by atoms with Crippen molar-refractivity contribution in [1.82, 2.24) is 14.5 Å². The Kier molecular flexibility index (Phi) is 7.03. The lowest BCUT2D eigenvalue weighted by Gasteiger charge is -2.48. The first-order chi connectivity index (χ1) is 17.8. The van der Waals surface area contributed by atoms with E-state index in [1.807, 2.05) is 30.3 Å². The predicted octanol–water partition coefficient (Wildman–Crippen LogP) is 4.91. The van der Waals surface area contributed by atoms with Gasteiger partial charge in [0.25, 0.3) is 5.56 Å². The molecule has 0 saturated carbocycles. The Balaban J connectivity index is 1.57. The molecule has 37 heavy (non-hydrogen) atoms. The minimum absolute atomic E-state index is 0.00440. The summed E-state index contributed by atoms with van der Waals surface area (Å²) in [6.07, 6.45) is 0. The molecule has 8 heteroatoms. The number of hydrogen-bond donors (Lipinski definition) is 1. The summed E-state index contributed by atoms with van der Waals surface area (Å²) < 4.78 is 15.3. The number of hydrogen-bond acceptors (Lipinski definition) is 5. The van der Waals surface area contributed by atoms with E-state index in [2.05, 4.69) is 40.8 Å². The van der Waals surface area contributed by atoms with Crippen LogP contribution in [0.4, 0.5) is 10.1 Å². The third-order valence-corrected chi connectivity index (χ3v) is 7.67. The van der Waals surface area contributed by atoms with Crippen LogP contribution in [0.2, 0.25) is 5.02 Å². The number of benzene rings is 2. The largest absolute Gasteiger partial charge is 0.390 e. The van der Waals surface area contributed by atoms with Gasteiger partial charge in [0.1, 0.15) is 16.4 Å². The Morgan fingerprint density at radius 3 is 2.35 bits per heavy atom. The van der Waals surface area contributed by atoms with Gasteiger partial charge in [-0.2, -0.15) is 0 Å². The van der Waals surface area contributed by atoms with Gasteiger partial charge in [-0.25, -0.2) is 9.37 Å². The van der Waals surface area contributed by atoms with Gasteiger partial charge in [0.15, 0.2) is 0 Å². The predicted molar refractivity (Wildman–Crippen MR) is 146 cm³/mol. The van der Waals surface area contributed by atoms with Crippen molar-refractivity contribution in [1.29, 1.82) is 0 Å². The molecule has 1 aliphatic heterocycles. The van der Waals surface area contributed by atoms with Crippen LogP contribution in [-0.2, 0) is 13.7 Å². The van der Waals surface area contributed by atoms with E-state index in [9.17, 15) is 14.3 Å². The summed E-state index contributed by atoms with van der Waals surface area (Å²) >= 11 is 6.70. The molecule has 192 valence electrons. The first-order valence-electron chi connectivity index (χ1n) is 12.4. The molecule has 0 bridgehead atoms. The number of pyridine rings is 2. The molecular weight excluding hydrogens is 491 g/mol. The maximum absolute atomic E-state index is 13.8. The maximum atomic E-state index is 13.8. The lowest BCUT2D eigenvalue weighted by molar-refractivity contribution is 0.130. The second-order valence-electron chi connectivity index (χ2n) is 9.77. The fourth-order valence-corrected chi connectivity index (χ4v) is 5.75. The number of aromatic nitrogens is 2. The first kappa shape index (κ1) is 25.4. The number of halogens is 2. The normalized spacial score (nSPS) is 19.4. The molecule has 1 unspecified atom stereocenters. The van der Waals surface area contributed by atoms with E-state index >= 15 is 0 Å². The SMILES string of the molecule is C[C@@H]1CN(c2c(Cl)c(=O)n(C)c3ccc(CO)nc23)[C@@H](C)CN1C(c1ccccc1)c1ccc(F)cc1. The number of aliphatic hydroxyl groups excluding tert-OH is 1. The molecule has 2 aromatic carbocycles. The van der Waals surface area contributed by atoms with E-state index in [0.717, 1.165) is 11.1 Å². The maximum Gasteiger partial charge on any atom is 0.271 e. The molecule has 3 heterocycles. The van der Waals surface area contributed by atoms with Crippen LogP contribution in [0, 0.1) is 5.82 Å². The van der Waals surface area contributed by atoms with Gasteiger partial charge in [0.05, 0.1) is 29.5 Å². The number of aryl methyl sites for hydroxylation is 1. The lowest BCUT2D eigenvalue weighted by atomic mass is 9.93. The van der Waals surface area contributed by atoms with Gasteiger partial charge in [0.2, 0.25) is 0 Å². The second-order valence-corrected chi connectivity index (χ2v) is 10.1. The van der Waals surface area contributed by atoms with Crippen molar-refractivity contribution in [3.63, 3.8) is 0 Å². The molecule has 6 nitrogen and oxygen atoms in total. The molecular formula is C29H30ClFN4O2. The molecule has 0 amide bonds. The van der Waals surface area contributed by atoms with Crippen molar-refractivity contribution in [2.24, 2.45) is 7.05 Å². The molecule has 1 aliphatic rings. The van der Waals surface area contributed by atoms with Gasteiger partial charge in [-0.15, -0.1) is 0 Å². The molecule has 1 saturated heterocycles. The zero-order valence-corrected chi connectivity index (χ0v) is 21.9. The minimum Gasteiger partial charge on any atom is -0.390 e. The molecule has 0 radical (unpaired) electrons. The van der Waals surface area contributed by atoms with Crippen molar-refractivity contribution in [3.8, 4) is 0 Å². The molecule has 0 spiro atoms. The summed E-state index contributed by atoms with van der Waals surface area (Å²) in [5.41, 5.74) is 4.26. The van der Waals surface area contributed by atoms with Crippen molar-refractivity contribution >= 4 is 28.3 Å². The highest BCUT2D eigenvalue weighted by Crippen LogP contribution is 2.38. The van der Waals surface area contributed by atoms with E-state index in [1.54, 1.807) is 19.2 Å². The average molecular weight is 521 g/mol. The van der Waals surface area contributed by atoms with Crippen LogP contribution in [-0.4, -0.2) is 44.7 Å². The highest BCUT2D eigenvalue weighted by atomic mass is 35.5. The first-order valence-corrected chi connectivity index (χ1v) is 12.8.